The highest BCUT2D eigenvalue weighted by Gasteiger charge is 2.36. The number of hydrogen-bond donors (Lipinski definition) is 2. The summed E-state index contributed by atoms with van der Waals surface area (Å²) in [5.74, 6) is -3.72. The van der Waals surface area contributed by atoms with E-state index in [4.69, 9.17) is 4.74 Å². The van der Waals surface area contributed by atoms with Gasteiger partial charge >= 0.3 is 17.7 Å². The van der Waals surface area contributed by atoms with Crippen molar-refractivity contribution in [3.05, 3.63) is 64.2 Å². The zero-order valence-corrected chi connectivity index (χ0v) is 21.9. The van der Waals surface area contributed by atoms with Crippen LogP contribution in [0.2, 0.25) is 0 Å². The molecule has 40 heavy (non-hydrogen) atoms. The number of methoxy groups -OCH3 is 1. The van der Waals surface area contributed by atoms with Crippen LogP contribution in [0.1, 0.15) is 43.2 Å². The topological polar surface area (TPSA) is 130 Å². The summed E-state index contributed by atoms with van der Waals surface area (Å²) in [7, 11) is 1.19. The van der Waals surface area contributed by atoms with Crippen molar-refractivity contribution in [3.8, 4) is 0 Å². The van der Waals surface area contributed by atoms with Crippen LogP contribution in [0.3, 0.4) is 0 Å². The molecule has 3 aromatic rings. The van der Waals surface area contributed by atoms with Crippen molar-refractivity contribution in [2.75, 3.05) is 33.3 Å². The lowest BCUT2D eigenvalue weighted by molar-refractivity contribution is -0.147. The number of benzene rings is 1. The minimum atomic E-state index is -0.994. The van der Waals surface area contributed by atoms with Crippen LogP contribution in [0.4, 0.5) is 13.6 Å². The lowest BCUT2D eigenvalue weighted by Gasteiger charge is -2.33. The number of nitrogens with zero attached hydrogens (tertiary/aromatic N) is 4. The molecule has 2 fully saturated rings. The van der Waals surface area contributed by atoms with Crippen LogP contribution < -0.4 is 11.0 Å². The first-order chi connectivity index (χ1) is 19.3. The fourth-order valence-electron chi connectivity index (χ4n) is 5.63. The number of pyridine rings is 1. The molecule has 2 aromatic heterocycles. The summed E-state index contributed by atoms with van der Waals surface area (Å²) in [6.45, 7) is 0.314. The van der Waals surface area contributed by atoms with Gasteiger partial charge in [-0.2, -0.15) is 0 Å². The molecule has 1 aromatic carbocycles. The standard InChI is InChI=1S/C27H30F2N6O5/c1-40-22(36)15-34-14-16(18-4-2-5-19(28)23(18)29)7-8-20(25(34)37)31-26(38)33-12-9-17(10-13-33)35-21-6-3-11-30-24(21)32-27(35)39/h2-6,11,16-17,20H,7-10,12-15H2,1H3,(H,31,38)(H,30,32,39). The second-order valence-electron chi connectivity index (χ2n) is 10.1. The summed E-state index contributed by atoms with van der Waals surface area (Å²) in [5.41, 5.74) is 1.07. The molecule has 4 heterocycles. The van der Waals surface area contributed by atoms with Crippen LogP contribution in [0.25, 0.3) is 11.2 Å². The fraction of sp³-hybridized carbons (Fsp3) is 0.444. The molecule has 0 saturated carbocycles. The molecule has 0 spiro atoms. The van der Waals surface area contributed by atoms with Gasteiger partial charge in [0.05, 0.1) is 12.6 Å². The summed E-state index contributed by atoms with van der Waals surface area (Å²) in [6, 6.07) is 5.93. The Kier molecular flexibility index (Phi) is 7.81. The highest BCUT2D eigenvalue weighted by molar-refractivity contribution is 5.89. The third-order valence-electron chi connectivity index (χ3n) is 7.73. The van der Waals surface area contributed by atoms with Crippen molar-refractivity contribution in [1.29, 1.82) is 0 Å². The Morgan fingerprint density at radius 1 is 1.10 bits per heavy atom. The molecule has 13 heteroatoms. The minimum Gasteiger partial charge on any atom is -0.468 e. The molecule has 11 nitrogen and oxygen atoms in total. The molecular formula is C27H30F2N6O5. The first-order valence-electron chi connectivity index (χ1n) is 13.2. The summed E-state index contributed by atoms with van der Waals surface area (Å²) in [6.07, 6.45) is 3.13. The van der Waals surface area contributed by atoms with E-state index in [0.29, 0.717) is 37.1 Å². The Morgan fingerprint density at radius 2 is 1.88 bits per heavy atom. The Bertz CT molecular complexity index is 1480. The summed E-state index contributed by atoms with van der Waals surface area (Å²) in [5, 5.41) is 2.78. The van der Waals surface area contributed by atoms with E-state index in [2.05, 4.69) is 15.3 Å². The molecule has 2 saturated heterocycles. The van der Waals surface area contributed by atoms with Crippen molar-refractivity contribution in [2.24, 2.45) is 0 Å². The Balaban J connectivity index is 1.27. The third-order valence-corrected chi connectivity index (χ3v) is 7.73. The molecule has 2 aliphatic heterocycles. The minimum absolute atomic E-state index is 0.0275. The second-order valence-corrected chi connectivity index (χ2v) is 10.1. The predicted molar refractivity (Wildman–Crippen MR) is 139 cm³/mol. The Labute approximate surface area is 228 Å². The van der Waals surface area contributed by atoms with Crippen LogP contribution in [0, 0.1) is 11.6 Å². The largest absolute Gasteiger partial charge is 0.468 e. The van der Waals surface area contributed by atoms with Crippen LogP contribution >= 0.6 is 0 Å². The van der Waals surface area contributed by atoms with Crippen molar-refractivity contribution < 1.29 is 27.9 Å². The van der Waals surface area contributed by atoms with E-state index in [-0.39, 0.29) is 43.2 Å². The summed E-state index contributed by atoms with van der Waals surface area (Å²) >= 11 is 0. The van der Waals surface area contributed by atoms with Gasteiger partial charge in [-0.15, -0.1) is 0 Å². The number of imidazole rings is 1. The van der Waals surface area contributed by atoms with Gasteiger partial charge in [-0.05, 0) is 49.4 Å². The van der Waals surface area contributed by atoms with E-state index < -0.39 is 41.5 Å². The van der Waals surface area contributed by atoms with E-state index in [9.17, 15) is 28.0 Å². The van der Waals surface area contributed by atoms with Gasteiger partial charge in [0.25, 0.3) is 0 Å². The number of rotatable bonds is 5. The number of nitrogens with one attached hydrogen (secondary N) is 2. The maximum absolute atomic E-state index is 14.6. The van der Waals surface area contributed by atoms with Crippen LogP contribution in [0.15, 0.2) is 41.3 Å². The number of likely N-dealkylation sites (tertiary alicyclic amines) is 2. The number of aromatic amines is 1. The molecule has 2 unspecified atom stereocenters. The van der Waals surface area contributed by atoms with Gasteiger partial charge < -0.3 is 19.9 Å². The summed E-state index contributed by atoms with van der Waals surface area (Å²) in [4.78, 5) is 60.9. The first-order valence-corrected chi connectivity index (χ1v) is 13.2. The van der Waals surface area contributed by atoms with Crippen molar-refractivity contribution in [3.63, 3.8) is 0 Å². The second kappa shape index (κ2) is 11.4. The molecule has 5 rings (SSSR count). The zero-order valence-electron chi connectivity index (χ0n) is 21.9. The molecule has 0 aliphatic carbocycles. The van der Waals surface area contributed by atoms with Gasteiger partial charge in [-0.25, -0.2) is 23.4 Å². The van der Waals surface area contributed by atoms with E-state index in [1.807, 2.05) is 6.07 Å². The molecule has 0 bridgehead atoms. The Hall–Kier alpha value is -4.29. The van der Waals surface area contributed by atoms with Gasteiger partial charge in [0.1, 0.15) is 12.6 Å². The molecule has 2 N–H and O–H groups in total. The number of halogens is 2. The van der Waals surface area contributed by atoms with Crippen molar-refractivity contribution in [1.82, 2.24) is 29.7 Å². The fourth-order valence-corrected chi connectivity index (χ4v) is 5.63. The number of esters is 1. The first kappa shape index (κ1) is 27.3. The molecule has 2 atom stereocenters. The SMILES string of the molecule is COC(=O)CN1CC(c2cccc(F)c2F)CCC(NC(=O)N2CCC(n3c(=O)[nH]c4ncccc43)CC2)C1=O. The highest BCUT2D eigenvalue weighted by atomic mass is 19.2. The van der Waals surface area contributed by atoms with Gasteiger partial charge in [0.15, 0.2) is 17.3 Å². The molecule has 212 valence electrons. The number of ether oxygens (including phenoxy) is 1. The number of carbonyl (C=O) groups excluding carboxylic acids is 3. The van der Waals surface area contributed by atoms with Gasteiger partial charge in [0.2, 0.25) is 5.91 Å². The highest BCUT2D eigenvalue weighted by Crippen LogP contribution is 2.30. The average molecular weight is 557 g/mol. The quantitative estimate of drug-likeness (QED) is 0.464. The van der Waals surface area contributed by atoms with E-state index in [0.717, 1.165) is 6.07 Å². The number of carbonyl (C=O) groups is 3. The van der Waals surface area contributed by atoms with Crippen LogP contribution in [0.5, 0.6) is 0 Å². The number of piperidine rings is 1. The van der Waals surface area contributed by atoms with E-state index in [1.165, 1.54) is 24.1 Å². The van der Waals surface area contributed by atoms with Crippen LogP contribution in [-0.2, 0) is 14.3 Å². The van der Waals surface area contributed by atoms with Gasteiger partial charge in [0, 0.05) is 37.8 Å². The predicted octanol–water partition coefficient (Wildman–Crippen LogP) is 2.30. The Morgan fingerprint density at radius 3 is 2.62 bits per heavy atom. The smallest absolute Gasteiger partial charge is 0.327 e. The maximum Gasteiger partial charge on any atom is 0.327 e. The number of fused-ring (bicyclic) bond motifs is 1. The molecular weight excluding hydrogens is 526 g/mol. The maximum atomic E-state index is 14.6. The lowest BCUT2D eigenvalue weighted by atomic mass is 9.93. The zero-order chi connectivity index (χ0) is 28.4. The number of hydrogen-bond acceptors (Lipinski definition) is 6. The molecule has 0 radical (unpaired) electrons. The van der Waals surface area contributed by atoms with Crippen molar-refractivity contribution >= 4 is 29.1 Å². The number of amides is 3. The van der Waals surface area contributed by atoms with Gasteiger partial charge in [-0.1, -0.05) is 12.1 Å². The number of aromatic nitrogens is 3. The summed E-state index contributed by atoms with van der Waals surface area (Å²) < 4.78 is 34.9. The van der Waals surface area contributed by atoms with Gasteiger partial charge in [-0.3, -0.25) is 19.1 Å². The number of urea groups is 1. The molecule has 2 aliphatic rings. The van der Waals surface area contributed by atoms with E-state index in [1.54, 1.807) is 21.7 Å². The average Bonchev–Trinajstić information content (AvgIpc) is 3.22. The third kappa shape index (κ3) is 5.40. The normalized spacial score (nSPS) is 20.4. The van der Waals surface area contributed by atoms with E-state index >= 15 is 0 Å². The molecule has 3 amide bonds. The monoisotopic (exact) mass is 556 g/mol. The van der Waals surface area contributed by atoms with Crippen LogP contribution in [-0.4, -0.2) is 81.6 Å². The van der Waals surface area contributed by atoms with Crippen molar-refractivity contribution in [2.45, 2.75) is 43.7 Å². The number of H-pyrrole nitrogens is 1. The lowest BCUT2D eigenvalue weighted by Crippen LogP contribution is -2.53.